The molecule has 0 aliphatic heterocycles. The number of carbonyl (C=O) groups is 1. The molecule has 0 saturated carbocycles. The lowest BCUT2D eigenvalue weighted by molar-refractivity contribution is -0.137. The number of carboxylic acid groups (broad SMARTS) is 1. The molecule has 0 saturated heterocycles. The SMILES string of the molecule is O=C(O)Cn1ccc2cc(-c3ccccc3F)ccc21. The maximum Gasteiger partial charge on any atom is 0.323 e. The molecule has 3 nitrogen and oxygen atoms in total. The van der Waals surface area contributed by atoms with Crippen LogP contribution in [-0.2, 0) is 11.3 Å². The maximum absolute atomic E-state index is 13.8. The average Bonchev–Trinajstić information content (AvgIpc) is 2.81. The molecule has 2 aromatic carbocycles. The van der Waals surface area contributed by atoms with Gasteiger partial charge in [0, 0.05) is 22.7 Å². The number of hydrogen-bond donors (Lipinski definition) is 1. The molecule has 1 N–H and O–H groups in total. The molecule has 1 aromatic heterocycles. The molecule has 0 bridgehead atoms. The van der Waals surface area contributed by atoms with Gasteiger partial charge in [0.15, 0.2) is 0 Å². The smallest absolute Gasteiger partial charge is 0.323 e. The van der Waals surface area contributed by atoms with Gasteiger partial charge in [-0.05, 0) is 29.8 Å². The molecule has 3 rings (SSSR count). The Morgan fingerprint density at radius 2 is 1.95 bits per heavy atom. The fourth-order valence-electron chi connectivity index (χ4n) is 2.35. The number of benzene rings is 2. The van der Waals surface area contributed by atoms with Crippen LogP contribution in [0.2, 0.25) is 0 Å². The third-order valence-corrected chi connectivity index (χ3v) is 3.26. The minimum Gasteiger partial charge on any atom is -0.480 e. The highest BCUT2D eigenvalue weighted by atomic mass is 19.1. The molecule has 4 heteroatoms. The molecule has 0 radical (unpaired) electrons. The van der Waals surface area contributed by atoms with E-state index in [1.54, 1.807) is 35.0 Å². The standard InChI is InChI=1S/C16H12FNO2/c17-14-4-2-1-3-13(14)11-5-6-15-12(9-11)7-8-18(15)10-16(19)20/h1-9H,10H2,(H,19,20). The van der Waals surface area contributed by atoms with Crippen molar-refractivity contribution in [1.29, 1.82) is 0 Å². The number of carboxylic acids is 1. The third kappa shape index (κ3) is 2.16. The Bertz CT molecular complexity index is 792. The lowest BCUT2D eigenvalue weighted by Gasteiger charge is -2.05. The molecule has 0 atom stereocenters. The van der Waals surface area contributed by atoms with Gasteiger partial charge in [-0.2, -0.15) is 0 Å². The highest BCUT2D eigenvalue weighted by Crippen LogP contribution is 2.27. The summed E-state index contributed by atoms with van der Waals surface area (Å²) in [6.45, 7) is -0.0808. The van der Waals surface area contributed by atoms with Gasteiger partial charge in [-0.25, -0.2) is 4.39 Å². The van der Waals surface area contributed by atoms with E-state index < -0.39 is 5.97 Å². The lowest BCUT2D eigenvalue weighted by Crippen LogP contribution is -2.07. The predicted octanol–water partition coefficient (Wildman–Crippen LogP) is 3.53. The van der Waals surface area contributed by atoms with Crippen LogP contribution in [0.4, 0.5) is 4.39 Å². The summed E-state index contributed by atoms with van der Waals surface area (Å²) in [6, 6.07) is 13.9. The van der Waals surface area contributed by atoms with E-state index in [2.05, 4.69) is 0 Å². The van der Waals surface area contributed by atoms with Gasteiger partial charge in [0.1, 0.15) is 12.4 Å². The van der Waals surface area contributed by atoms with Crippen LogP contribution in [0.15, 0.2) is 54.7 Å². The monoisotopic (exact) mass is 269 g/mol. The Labute approximate surface area is 114 Å². The van der Waals surface area contributed by atoms with Crippen molar-refractivity contribution in [3.63, 3.8) is 0 Å². The predicted molar refractivity (Wildman–Crippen MR) is 75.0 cm³/mol. The summed E-state index contributed by atoms with van der Waals surface area (Å²) < 4.78 is 15.4. The van der Waals surface area contributed by atoms with E-state index in [0.717, 1.165) is 16.5 Å². The molecule has 3 aromatic rings. The Morgan fingerprint density at radius 3 is 2.70 bits per heavy atom. The van der Waals surface area contributed by atoms with Crippen molar-refractivity contribution in [1.82, 2.24) is 4.57 Å². The molecule has 0 aliphatic rings. The largest absolute Gasteiger partial charge is 0.480 e. The minimum atomic E-state index is -0.888. The summed E-state index contributed by atoms with van der Waals surface area (Å²) in [4.78, 5) is 10.8. The minimum absolute atomic E-state index is 0.0808. The van der Waals surface area contributed by atoms with Gasteiger partial charge < -0.3 is 9.67 Å². The average molecular weight is 269 g/mol. The number of aliphatic carboxylic acids is 1. The van der Waals surface area contributed by atoms with E-state index in [4.69, 9.17) is 5.11 Å². The van der Waals surface area contributed by atoms with Gasteiger partial charge in [-0.15, -0.1) is 0 Å². The highest BCUT2D eigenvalue weighted by molar-refractivity contribution is 5.86. The second-order valence-electron chi connectivity index (χ2n) is 4.59. The lowest BCUT2D eigenvalue weighted by atomic mass is 10.0. The molecule has 0 fully saturated rings. The van der Waals surface area contributed by atoms with Gasteiger partial charge in [0.2, 0.25) is 0 Å². The van der Waals surface area contributed by atoms with E-state index >= 15 is 0 Å². The van der Waals surface area contributed by atoms with Crippen molar-refractivity contribution in [2.75, 3.05) is 0 Å². The summed E-state index contributed by atoms with van der Waals surface area (Å²) in [6.07, 6.45) is 1.73. The second-order valence-corrected chi connectivity index (χ2v) is 4.59. The maximum atomic E-state index is 13.8. The fraction of sp³-hybridized carbons (Fsp3) is 0.0625. The van der Waals surface area contributed by atoms with E-state index in [0.29, 0.717) is 5.56 Å². The van der Waals surface area contributed by atoms with Crippen LogP contribution in [0.1, 0.15) is 0 Å². The normalized spacial score (nSPS) is 10.8. The molecule has 100 valence electrons. The number of rotatable bonds is 3. The zero-order valence-electron chi connectivity index (χ0n) is 10.6. The van der Waals surface area contributed by atoms with Gasteiger partial charge in [0.05, 0.1) is 0 Å². The number of aromatic nitrogens is 1. The van der Waals surface area contributed by atoms with Crippen molar-refractivity contribution in [2.45, 2.75) is 6.54 Å². The highest BCUT2D eigenvalue weighted by Gasteiger charge is 2.08. The first kappa shape index (κ1) is 12.4. The first-order valence-corrected chi connectivity index (χ1v) is 6.21. The van der Waals surface area contributed by atoms with Crippen molar-refractivity contribution < 1.29 is 14.3 Å². The van der Waals surface area contributed by atoms with Crippen molar-refractivity contribution in [3.8, 4) is 11.1 Å². The number of halogens is 1. The molecular formula is C16H12FNO2. The number of hydrogen-bond acceptors (Lipinski definition) is 1. The Hall–Kier alpha value is -2.62. The van der Waals surface area contributed by atoms with Gasteiger partial charge in [-0.3, -0.25) is 4.79 Å². The third-order valence-electron chi connectivity index (χ3n) is 3.26. The Balaban J connectivity index is 2.09. The fourth-order valence-corrected chi connectivity index (χ4v) is 2.35. The Kier molecular flexibility index (Phi) is 2.99. The molecule has 0 unspecified atom stereocenters. The topological polar surface area (TPSA) is 42.2 Å². The summed E-state index contributed by atoms with van der Waals surface area (Å²) in [5, 5.41) is 9.74. The molecule has 0 aliphatic carbocycles. The number of fused-ring (bicyclic) bond motifs is 1. The molecule has 0 spiro atoms. The molecular weight excluding hydrogens is 257 g/mol. The van der Waals surface area contributed by atoms with Crippen molar-refractivity contribution in [2.24, 2.45) is 0 Å². The summed E-state index contributed by atoms with van der Waals surface area (Å²) in [5.74, 6) is -1.16. The summed E-state index contributed by atoms with van der Waals surface area (Å²) in [7, 11) is 0. The summed E-state index contributed by atoms with van der Waals surface area (Å²) in [5.41, 5.74) is 2.15. The van der Waals surface area contributed by atoms with Gasteiger partial charge in [0.25, 0.3) is 0 Å². The molecule has 20 heavy (non-hydrogen) atoms. The molecule has 0 amide bonds. The van der Waals surface area contributed by atoms with Crippen LogP contribution in [-0.4, -0.2) is 15.6 Å². The van der Waals surface area contributed by atoms with Crippen LogP contribution in [0.25, 0.3) is 22.0 Å². The van der Waals surface area contributed by atoms with Crippen LogP contribution >= 0.6 is 0 Å². The molecule has 1 heterocycles. The van der Waals surface area contributed by atoms with Gasteiger partial charge in [-0.1, -0.05) is 24.3 Å². The van der Waals surface area contributed by atoms with E-state index in [1.807, 2.05) is 18.2 Å². The van der Waals surface area contributed by atoms with E-state index in [1.165, 1.54) is 6.07 Å². The van der Waals surface area contributed by atoms with Crippen molar-refractivity contribution in [3.05, 3.63) is 60.5 Å². The van der Waals surface area contributed by atoms with Crippen LogP contribution in [0, 0.1) is 5.82 Å². The van der Waals surface area contributed by atoms with Crippen molar-refractivity contribution >= 4 is 16.9 Å². The van der Waals surface area contributed by atoms with E-state index in [-0.39, 0.29) is 12.4 Å². The van der Waals surface area contributed by atoms with Crippen LogP contribution in [0.3, 0.4) is 0 Å². The first-order chi connectivity index (χ1) is 9.65. The number of nitrogens with zero attached hydrogens (tertiary/aromatic N) is 1. The van der Waals surface area contributed by atoms with Gasteiger partial charge >= 0.3 is 5.97 Å². The quantitative estimate of drug-likeness (QED) is 0.790. The van der Waals surface area contributed by atoms with Crippen LogP contribution in [0.5, 0.6) is 0 Å². The van der Waals surface area contributed by atoms with E-state index in [9.17, 15) is 9.18 Å². The summed E-state index contributed by atoms with van der Waals surface area (Å²) >= 11 is 0. The zero-order valence-corrected chi connectivity index (χ0v) is 10.6. The zero-order chi connectivity index (χ0) is 14.1. The second kappa shape index (κ2) is 4.81. The first-order valence-electron chi connectivity index (χ1n) is 6.21. The van der Waals surface area contributed by atoms with Crippen LogP contribution < -0.4 is 0 Å². The Morgan fingerprint density at radius 1 is 1.15 bits per heavy atom.